The third-order valence-electron chi connectivity index (χ3n) is 5.05. The van der Waals surface area contributed by atoms with Gasteiger partial charge in [-0.3, -0.25) is 0 Å². The molecule has 0 spiro atoms. The molecule has 0 aromatic carbocycles. The van der Waals surface area contributed by atoms with Gasteiger partial charge < -0.3 is 19.0 Å². The van der Waals surface area contributed by atoms with E-state index < -0.39 is 6.10 Å². The first-order chi connectivity index (χ1) is 11.7. The Labute approximate surface area is 143 Å². The Hall–Kier alpha value is -1.40. The van der Waals surface area contributed by atoms with Gasteiger partial charge in [0.2, 0.25) is 6.10 Å². The smallest absolute Gasteiger partial charge is 0.350 e. The minimum absolute atomic E-state index is 0.0781. The lowest BCUT2D eigenvalue weighted by atomic mass is 9.88. The molecule has 0 aromatic heterocycles. The third kappa shape index (κ3) is 4.16. The highest BCUT2D eigenvalue weighted by molar-refractivity contribution is 5.93. The molecule has 2 aliphatic heterocycles. The van der Waals surface area contributed by atoms with E-state index in [0.717, 1.165) is 37.8 Å². The van der Waals surface area contributed by atoms with E-state index in [-0.39, 0.29) is 24.1 Å². The van der Waals surface area contributed by atoms with Crippen LogP contribution in [0.5, 0.6) is 0 Å². The summed E-state index contributed by atoms with van der Waals surface area (Å²) in [6.07, 6.45) is 9.27. The van der Waals surface area contributed by atoms with E-state index >= 15 is 0 Å². The molecule has 1 saturated carbocycles. The van der Waals surface area contributed by atoms with Gasteiger partial charge in [0.25, 0.3) is 0 Å². The van der Waals surface area contributed by atoms with Crippen LogP contribution in [-0.4, -0.2) is 43.9 Å². The second-order valence-electron chi connectivity index (χ2n) is 6.92. The van der Waals surface area contributed by atoms with E-state index in [1.807, 2.05) is 6.92 Å². The molecule has 0 unspecified atom stereocenters. The Morgan fingerprint density at radius 2 is 2.25 bits per heavy atom. The number of allylic oxidation sites excluding steroid dienone is 2. The number of carbonyl (C=O) groups is 1. The second-order valence-corrected chi connectivity index (χ2v) is 6.92. The summed E-state index contributed by atoms with van der Waals surface area (Å²) in [5.41, 5.74) is 0.960. The molecule has 6 heteroatoms. The minimum Gasteiger partial charge on any atom is -0.460 e. The van der Waals surface area contributed by atoms with E-state index in [4.69, 9.17) is 19.0 Å². The zero-order valence-electron chi connectivity index (χ0n) is 14.5. The van der Waals surface area contributed by atoms with E-state index in [9.17, 15) is 4.79 Å². The first-order valence-electron chi connectivity index (χ1n) is 8.87. The van der Waals surface area contributed by atoms with Crippen molar-refractivity contribution in [1.82, 2.24) is 0 Å². The largest absolute Gasteiger partial charge is 0.460 e. The van der Waals surface area contributed by atoms with Gasteiger partial charge in [-0.25, -0.2) is 4.79 Å². The number of cyclic esters (lactones) is 1. The summed E-state index contributed by atoms with van der Waals surface area (Å²) in [5.74, 6) is 0.344. The molecular weight excluding hydrogens is 310 g/mol. The van der Waals surface area contributed by atoms with Crippen molar-refractivity contribution in [3.63, 3.8) is 0 Å². The number of esters is 1. The van der Waals surface area contributed by atoms with Crippen molar-refractivity contribution in [3.8, 4) is 0 Å². The van der Waals surface area contributed by atoms with E-state index in [1.54, 1.807) is 7.11 Å². The Kier molecular flexibility index (Phi) is 5.89. The summed E-state index contributed by atoms with van der Waals surface area (Å²) >= 11 is 0. The molecule has 0 aromatic rings. The van der Waals surface area contributed by atoms with Gasteiger partial charge in [0.1, 0.15) is 6.79 Å². The highest BCUT2D eigenvalue weighted by Crippen LogP contribution is 2.38. The van der Waals surface area contributed by atoms with Crippen molar-refractivity contribution in [3.05, 3.63) is 12.2 Å². The molecule has 5 atom stereocenters. The van der Waals surface area contributed by atoms with Crippen molar-refractivity contribution in [2.24, 2.45) is 17.0 Å². The SMILES string of the molecule is COCO[C@H]1C[C@H]2/C=C\CCC[C@H](C)OC(=O)[C@@H]3CC(=NO3)[C@@H]2C1. The maximum absolute atomic E-state index is 12.2. The summed E-state index contributed by atoms with van der Waals surface area (Å²) < 4.78 is 16.3. The fourth-order valence-corrected chi connectivity index (χ4v) is 3.79. The van der Waals surface area contributed by atoms with Crippen LogP contribution in [0.4, 0.5) is 0 Å². The summed E-state index contributed by atoms with van der Waals surface area (Å²) in [7, 11) is 1.63. The van der Waals surface area contributed by atoms with Crippen LogP contribution in [0.2, 0.25) is 0 Å². The number of hydrogen-bond donors (Lipinski definition) is 0. The number of carbonyl (C=O) groups excluding carboxylic acids is 1. The molecule has 1 fully saturated rings. The molecule has 0 N–H and O–H groups in total. The molecular formula is C18H27NO5. The molecule has 24 heavy (non-hydrogen) atoms. The molecule has 6 nitrogen and oxygen atoms in total. The molecule has 1 aliphatic carbocycles. The van der Waals surface area contributed by atoms with Crippen molar-refractivity contribution in [2.75, 3.05) is 13.9 Å². The number of rotatable bonds is 3. The number of nitrogens with zero attached hydrogens (tertiary/aromatic N) is 1. The standard InChI is InChI=1S/C18H27NO5/c1-12-6-4-3-5-7-13-8-14(22-11-21-2)9-15(13)16-10-17(24-19-16)18(20)23-12/h5,7,12-15,17H,3-4,6,8-11H2,1-2H3/b7-5-/t12-,13+,14-,15+,17-/m0/s1. The zero-order chi connectivity index (χ0) is 16.9. The van der Waals surface area contributed by atoms with Gasteiger partial charge >= 0.3 is 5.97 Å². The van der Waals surface area contributed by atoms with Crippen LogP contribution < -0.4 is 0 Å². The first-order valence-corrected chi connectivity index (χ1v) is 8.87. The van der Waals surface area contributed by atoms with E-state index in [2.05, 4.69) is 17.3 Å². The monoisotopic (exact) mass is 337 g/mol. The molecule has 0 saturated heterocycles. The van der Waals surface area contributed by atoms with Gasteiger partial charge in [-0.05, 0) is 44.9 Å². The predicted octanol–water partition coefficient (Wildman–Crippen LogP) is 2.82. The predicted molar refractivity (Wildman–Crippen MR) is 88.4 cm³/mol. The third-order valence-corrected chi connectivity index (χ3v) is 5.05. The van der Waals surface area contributed by atoms with Crippen LogP contribution in [-0.2, 0) is 23.8 Å². The van der Waals surface area contributed by atoms with Crippen LogP contribution in [0.1, 0.15) is 45.4 Å². The first kappa shape index (κ1) is 17.4. The Morgan fingerprint density at radius 1 is 1.38 bits per heavy atom. The lowest BCUT2D eigenvalue weighted by molar-refractivity contribution is -0.160. The Morgan fingerprint density at radius 3 is 3.08 bits per heavy atom. The van der Waals surface area contributed by atoms with Crippen molar-refractivity contribution < 1.29 is 23.8 Å². The van der Waals surface area contributed by atoms with Crippen LogP contribution in [0.3, 0.4) is 0 Å². The topological polar surface area (TPSA) is 66.4 Å². The van der Waals surface area contributed by atoms with E-state index in [0.29, 0.717) is 19.1 Å². The van der Waals surface area contributed by atoms with Crippen LogP contribution in [0.25, 0.3) is 0 Å². The highest BCUT2D eigenvalue weighted by atomic mass is 16.7. The van der Waals surface area contributed by atoms with Gasteiger partial charge in [0, 0.05) is 19.4 Å². The van der Waals surface area contributed by atoms with Gasteiger partial charge in [0.05, 0.1) is 17.9 Å². The Balaban J connectivity index is 1.72. The number of methoxy groups -OCH3 is 1. The number of fused-ring (bicyclic) bond motifs is 4. The zero-order valence-corrected chi connectivity index (χ0v) is 14.5. The van der Waals surface area contributed by atoms with Crippen molar-refractivity contribution >= 4 is 11.7 Å². The summed E-state index contributed by atoms with van der Waals surface area (Å²) in [6.45, 7) is 2.24. The average Bonchev–Trinajstić information content (AvgIpc) is 3.18. The lowest BCUT2D eigenvalue weighted by Gasteiger charge is -2.15. The summed E-state index contributed by atoms with van der Waals surface area (Å²) in [5, 5.41) is 4.21. The minimum atomic E-state index is -0.591. The van der Waals surface area contributed by atoms with Gasteiger partial charge in [-0.15, -0.1) is 0 Å². The Bertz CT molecular complexity index is 504. The van der Waals surface area contributed by atoms with Crippen LogP contribution >= 0.6 is 0 Å². The summed E-state index contributed by atoms with van der Waals surface area (Å²) in [4.78, 5) is 17.6. The molecule has 3 rings (SSSR count). The number of ether oxygens (including phenoxy) is 3. The van der Waals surface area contributed by atoms with E-state index in [1.165, 1.54) is 0 Å². The maximum atomic E-state index is 12.2. The van der Waals surface area contributed by atoms with Gasteiger partial charge in [-0.1, -0.05) is 17.3 Å². The summed E-state index contributed by atoms with van der Waals surface area (Å²) in [6, 6.07) is 0. The molecule has 134 valence electrons. The second kappa shape index (κ2) is 8.12. The number of hydrogen-bond acceptors (Lipinski definition) is 6. The fourth-order valence-electron chi connectivity index (χ4n) is 3.79. The van der Waals surface area contributed by atoms with Crippen LogP contribution in [0.15, 0.2) is 17.3 Å². The fraction of sp³-hybridized carbons (Fsp3) is 0.778. The van der Waals surface area contributed by atoms with Crippen LogP contribution in [0, 0.1) is 11.8 Å². The van der Waals surface area contributed by atoms with Gasteiger partial charge in [0.15, 0.2) is 0 Å². The molecule has 3 aliphatic rings. The molecule has 0 radical (unpaired) electrons. The number of oxime groups is 1. The highest BCUT2D eigenvalue weighted by Gasteiger charge is 2.41. The average molecular weight is 337 g/mol. The normalized spacial score (nSPS) is 38.0. The lowest BCUT2D eigenvalue weighted by Crippen LogP contribution is -2.28. The van der Waals surface area contributed by atoms with Gasteiger partial charge in [-0.2, -0.15) is 0 Å². The quantitative estimate of drug-likeness (QED) is 0.450. The van der Waals surface area contributed by atoms with Crippen molar-refractivity contribution in [1.29, 1.82) is 0 Å². The van der Waals surface area contributed by atoms with Crippen molar-refractivity contribution in [2.45, 2.75) is 63.8 Å². The molecule has 2 heterocycles. The molecule has 0 amide bonds. The maximum Gasteiger partial charge on any atom is 0.350 e. The molecule has 2 bridgehead atoms.